The van der Waals surface area contributed by atoms with E-state index in [0.29, 0.717) is 0 Å². The van der Waals surface area contributed by atoms with E-state index >= 15 is 0 Å². The zero-order valence-electron chi connectivity index (χ0n) is 14.7. The fourth-order valence-electron chi connectivity index (χ4n) is 1.83. The van der Waals surface area contributed by atoms with Gasteiger partial charge in [-0.3, -0.25) is 0 Å². The van der Waals surface area contributed by atoms with E-state index in [0.717, 1.165) is 0 Å². The lowest BCUT2D eigenvalue weighted by atomic mass is 9.86. The van der Waals surface area contributed by atoms with Crippen molar-refractivity contribution < 1.29 is 92.9 Å². The summed E-state index contributed by atoms with van der Waals surface area (Å²) in [4.78, 5) is 0. The van der Waals surface area contributed by atoms with E-state index in [-0.39, 0.29) is 0 Å². The second-order valence-corrected chi connectivity index (χ2v) is 6.27. The van der Waals surface area contributed by atoms with Gasteiger partial charge >= 0.3 is 53.6 Å². The van der Waals surface area contributed by atoms with Crippen LogP contribution in [-0.4, -0.2) is 70.9 Å². The Morgan fingerprint density at radius 1 is 0.424 bits per heavy atom. The topological polar surface area (TPSA) is 20.2 Å². The summed E-state index contributed by atoms with van der Waals surface area (Å²) in [6.45, 7) is -0.553. The van der Waals surface area contributed by atoms with Gasteiger partial charge in [-0.1, -0.05) is 0 Å². The lowest BCUT2D eigenvalue weighted by molar-refractivity contribution is -0.461. The molecule has 33 heavy (non-hydrogen) atoms. The summed E-state index contributed by atoms with van der Waals surface area (Å²) in [5.74, 6) is -67.1. The molecule has 0 fully saturated rings. The Kier molecular flexibility index (Phi) is 7.45. The average molecular weight is 546 g/mol. The zero-order valence-corrected chi connectivity index (χ0v) is 14.7. The molecule has 0 saturated heterocycles. The van der Waals surface area contributed by atoms with E-state index in [1.54, 1.807) is 0 Å². The van der Waals surface area contributed by atoms with Crippen LogP contribution in [0.15, 0.2) is 0 Å². The van der Waals surface area contributed by atoms with Crippen molar-refractivity contribution in [3.8, 4) is 0 Å². The molecular weight excluding hydrogens is 540 g/mol. The summed E-state index contributed by atoms with van der Waals surface area (Å²) >= 11 is 0. The van der Waals surface area contributed by atoms with Crippen LogP contribution in [0.25, 0.3) is 0 Å². The summed E-state index contributed by atoms with van der Waals surface area (Å²) in [6, 6.07) is 0. The zero-order chi connectivity index (χ0) is 27.7. The number of alkyl halides is 20. The average Bonchev–Trinajstić information content (AvgIpc) is 2.58. The van der Waals surface area contributed by atoms with Gasteiger partial charge in [0.25, 0.3) is 6.17 Å². The maximum atomic E-state index is 13.3. The number of hydrogen-bond acceptors (Lipinski definition) is 1. The quantitative estimate of drug-likeness (QED) is 0.335. The van der Waals surface area contributed by atoms with Gasteiger partial charge in [0.2, 0.25) is 0 Å². The minimum atomic E-state index is -8.99. The lowest BCUT2D eigenvalue weighted by Crippen LogP contribution is -2.76. The van der Waals surface area contributed by atoms with Crippen LogP contribution in [0.5, 0.6) is 0 Å². The molecular formula is C12H6F20O. The van der Waals surface area contributed by atoms with E-state index < -0.39 is 72.8 Å². The normalized spacial score (nSPS) is 18.4. The number of rotatable bonds is 9. The van der Waals surface area contributed by atoms with Crippen molar-refractivity contribution in [2.24, 2.45) is 0 Å². The Hall–Kier alpha value is -1.44. The van der Waals surface area contributed by atoms with E-state index in [1.165, 1.54) is 0 Å². The Morgan fingerprint density at radius 2 is 0.636 bits per heavy atom. The molecule has 0 heterocycles. The molecule has 0 aliphatic heterocycles. The van der Waals surface area contributed by atoms with Crippen molar-refractivity contribution in [2.45, 2.75) is 72.8 Å². The summed E-state index contributed by atoms with van der Waals surface area (Å²) in [5, 5.41) is 8.27. The Bertz CT molecular complexity index is 702. The third-order valence-corrected chi connectivity index (χ3v) is 3.94. The third kappa shape index (κ3) is 3.94. The molecule has 21 heteroatoms. The van der Waals surface area contributed by atoms with Gasteiger partial charge in [-0.25, -0.2) is 4.39 Å². The van der Waals surface area contributed by atoms with Gasteiger partial charge in [0.1, 0.15) is 6.10 Å². The van der Waals surface area contributed by atoms with Crippen LogP contribution in [0.2, 0.25) is 0 Å². The SMILES string of the molecule is CC(O)C(F)(F)C(F)(F)C(F)(F)C(F)(F)C(F)(F)C(F)(F)C(F)(F)C(F)(F)C(F)C(F)(F)F. The van der Waals surface area contributed by atoms with Gasteiger partial charge in [0, 0.05) is 0 Å². The molecule has 1 nitrogen and oxygen atoms in total. The van der Waals surface area contributed by atoms with Gasteiger partial charge in [-0.15, -0.1) is 0 Å². The van der Waals surface area contributed by atoms with Crippen LogP contribution in [0, 0.1) is 0 Å². The van der Waals surface area contributed by atoms with Gasteiger partial charge in [-0.2, -0.15) is 83.4 Å². The fourth-order valence-corrected chi connectivity index (χ4v) is 1.83. The van der Waals surface area contributed by atoms with Crippen LogP contribution < -0.4 is 0 Å². The van der Waals surface area contributed by atoms with Gasteiger partial charge in [0.15, 0.2) is 0 Å². The first-order valence-electron chi connectivity index (χ1n) is 7.26. The first kappa shape index (κ1) is 31.6. The number of aliphatic hydroxyl groups is 1. The number of halogens is 20. The number of hydrogen-bond donors (Lipinski definition) is 1. The van der Waals surface area contributed by atoms with Crippen molar-refractivity contribution in [1.29, 1.82) is 0 Å². The largest absolute Gasteiger partial charge is 0.425 e. The molecule has 0 rings (SSSR count). The van der Waals surface area contributed by atoms with Crippen molar-refractivity contribution in [1.82, 2.24) is 0 Å². The fraction of sp³-hybridized carbons (Fsp3) is 1.00. The third-order valence-electron chi connectivity index (χ3n) is 3.94. The van der Waals surface area contributed by atoms with E-state index in [9.17, 15) is 87.8 Å². The Morgan fingerprint density at radius 3 is 0.848 bits per heavy atom. The standard InChI is InChI=1S/C12H6F20O/c1-2(33)4(14,15)7(21,22)9(25,26)11(29,30)12(31,32)10(27,28)8(23,24)5(16,17)3(13)6(18,19)20/h2-3,33H,1H3. The maximum absolute atomic E-state index is 13.3. The second-order valence-electron chi connectivity index (χ2n) is 6.27. The van der Waals surface area contributed by atoms with Crippen LogP contribution >= 0.6 is 0 Å². The van der Waals surface area contributed by atoms with Crippen LogP contribution in [0.3, 0.4) is 0 Å². The highest BCUT2D eigenvalue weighted by molar-refractivity contribution is 5.17. The second kappa shape index (κ2) is 7.79. The van der Waals surface area contributed by atoms with E-state index in [4.69, 9.17) is 5.11 Å². The molecule has 2 atom stereocenters. The molecule has 0 saturated carbocycles. The van der Waals surface area contributed by atoms with Gasteiger partial charge in [0.05, 0.1) is 0 Å². The molecule has 1 N–H and O–H groups in total. The Balaban J connectivity index is 6.93. The number of aliphatic hydroxyl groups excluding tert-OH is 1. The van der Waals surface area contributed by atoms with Gasteiger partial charge < -0.3 is 5.11 Å². The van der Waals surface area contributed by atoms with E-state index in [2.05, 4.69) is 0 Å². The molecule has 0 bridgehead atoms. The minimum absolute atomic E-state index is 0.553. The predicted molar refractivity (Wildman–Crippen MR) is 62.2 cm³/mol. The van der Waals surface area contributed by atoms with Crippen LogP contribution in [0.1, 0.15) is 6.92 Å². The summed E-state index contributed by atoms with van der Waals surface area (Å²) in [7, 11) is 0. The molecule has 0 aliphatic carbocycles. The molecule has 2 unspecified atom stereocenters. The lowest BCUT2D eigenvalue weighted by Gasteiger charge is -2.44. The predicted octanol–water partition coefficient (Wildman–Crippen LogP) is 6.35. The summed E-state index contributed by atoms with van der Waals surface area (Å²) in [5.41, 5.74) is 0. The molecule has 0 radical (unpaired) electrons. The summed E-state index contributed by atoms with van der Waals surface area (Å²) < 4.78 is 259. The van der Waals surface area contributed by atoms with Crippen molar-refractivity contribution in [3.05, 3.63) is 0 Å². The Labute approximate surface area is 167 Å². The molecule has 0 aromatic rings. The minimum Gasteiger partial charge on any atom is -0.387 e. The molecule has 0 amide bonds. The monoisotopic (exact) mass is 546 g/mol. The first-order chi connectivity index (χ1) is 13.8. The van der Waals surface area contributed by atoms with Crippen molar-refractivity contribution >= 4 is 0 Å². The van der Waals surface area contributed by atoms with E-state index in [1.807, 2.05) is 0 Å². The molecule has 0 aromatic heterocycles. The highest BCUT2D eigenvalue weighted by Gasteiger charge is 2.96. The molecule has 0 aromatic carbocycles. The molecule has 0 aliphatic rings. The van der Waals surface area contributed by atoms with Crippen molar-refractivity contribution in [2.75, 3.05) is 0 Å². The van der Waals surface area contributed by atoms with Crippen molar-refractivity contribution in [3.63, 3.8) is 0 Å². The van der Waals surface area contributed by atoms with Gasteiger partial charge in [-0.05, 0) is 6.92 Å². The van der Waals surface area contributed by atoms with Crippen LogP contribution in [-0.2, 0) is 0 Å². The molecule has 200 valence electrons. The first-order valence-corrected chi connectivity index (χ1v) is 7.26. The maximum Gasteiger partial charge on any atom is 0.425 e. The highest BCUT2D eigenvalue weighted by Crippen LogP contribution is 2.64. The highest BCUT2D eigenvalue weighted by atomic mass is 19.4. The smallest absolute Gasteiger partial charge is 0.387 e. The molecule has 0 spiro atoms. The van der Waals surface area contributed by atoms with Crippen LogP contribution in [0.4, 0.5) is 87.8 Å². The summed E-state index contributed by atoms with van der Waals surface area (Å²) in [6.07, 6.45) is -18.0.